The number of hydrogen-bond donors (Lipinski definition) is 0. The first kappa shape index (κ1) is 17.8. The summed E-state index contributed by atoms with van der Waals surface area (Å²) < 4.78 is 33.1. The molecule has 2 saturated heterocycles. The van der Waals surface area contributed by atoms with Gasteiger partial charge in [-0.25, -0.2) is 0 Å². The molecule has 0 amide bonds. The molecule has 0 spiro atoms. The van der Waals surface area contributed by atoms with Crippen LogP contribution in [0.15, 0.2) is 18.3 Å². The SMILES string of the molecule is CN(C)S(=O)(=O)N1CCC[C@H]1c1ccc(CN2CCOCC2)cn1. The van der Waals surface area contributed by atoms with Crippen molar-refractivity contribution in [3.05, 3.63) is 29.6 Å². The Hall–Kier alpha value is -1.06. The van der Waals surface area contributed by atoms with Crippen LogP contribution in [0.3, 0.4) is 0 Å². The van der Waals surface area contributed by atoms with Gasteiger partial charge in [0.25, 0.3) is 10.2 Å². The molecule has 7 nitrogen and oxygen atoms in total. The van der Waals surface area contributed by atoms with E-state index in [0.29, 0.717) is 6.54 Å². The Bertz CT molecular complexity index is 642. The van der Waals surface area contributed by atoms with Gasteiger partial charge in [-0.1, -0.05) is 6.07 Å². The lowest BCUT2D eigenvalue weighted by molar-refractivity contribution is 0.0341. The number of aromatic nitrogens is 1. The zero-order chi connectivity index (χ0) is 17.2. The first-order valence-corrected chi connectivity index (χ1v) is 9.82. The van der Waals surface area contributed by atoms with Gasteiger partial charge in [0.2, 0.25) is 0 Å². The molecule has 1 aromatic heterocycles. The minimum absolute atomic E-state index is 0.158. The molecule has 0 unspecified atom stereocenters. The summed E-state index contributed by atoms with van der Waals surface area (Å²) in [4.78, 5) is 6.91. The Labute approximate surface area is 144 Å². The zero-order valence-corrected chi connectivity index (χ0v) is 15.2. The highest BCUT2D eigenvalue weighted by atomic mass is 32.2. The first-order chi connectivity index (χ1) is 11.5. The van der Waals surface area contributed by atoms with E-state index < -0.39 is 10.2 Å². The molecule has 24 heavy (non-hydrogen) atoms. The molecule has 0 saturated carbocycles. The van der Waals surface area contributed by atoms with E-state index in [1.807, 2.05) is 12.3 Å². The van der Waals surface area contributed by atoms with E-state index in [2.05, 4.69) is 16.0 Å². The quantitative estimate of drug-likeness (QED) is 0.785. The fourth-order valence-electron chi connectivity index (χ4n) is 3.27. The second kappa shape index (κ2) is 7.45. The largest absolute Gasteiger partial charge is 0.379 e. The number of rotatable bonds is 5. The van der Waals surface area contributed by atoms with Crippen LogP contribution in [-0.2, 0) is 21.5 Å². The van der Waals surface area contributed by atoms with E-state index in [0.717, 1.165) is 56.9 Å². The maximum absolute atomic E-state index is 12.5. The van der Waals surface area contributed by atoms with Crippen molar-refractivity contribution in [3.63, 3.8) is 0 Å². The summed E-state index contributed by atoms with van der Waals surface area (Å²) in [5, 5.41) is 0. The van der Waals surface area contributed by atoms with Crippen LogP contribution in [0, 0.1) is 0 Å². The van der Waals surface area contributed by atoms with Crippen LogP contribution in [0.4, 0.5) is 0 Å². The fourth-order valence-corrected chi connectivity index (χ4v) is 4.58. The molecule has 134 valence electrons. The molecule has 1 aromatic rings. The Kier molecular flexibility index (Phi) is 5.51. The molecule has 8 heteroatoms. The molecule has 2 aliphatic rings. The summed E-state index contributed by atoms with van der Waals surface area (Å²) >= 11 is 0. The molecule has 2 fully saturated rings. The van der Waals surface area contributed by atoms with Crippen LogP contribution in [0.1, 0.15) is 30.1 Å². The third-order valence-electron chi connectivity index (χ3n) is 4.66. The van der Waals surface area contributed by atoms with Gasteiger partial charge in [0.05, 0.1) is 24.9 Å². The molecule has 3 heterocycles. The highest BCUT2D eigenvalue weighted by Gasteiger charge is 2.37. The molecule has 2 aliphatic heterocycles. The second-order valence-corrected chi connectivity index (χ2v) is 8.63. The van der Waals surface area contributed by atoms with E-state index in [4.69, 9.17) is 4.74 Å². The molecule has 0 aromatic carbocycles. The van der Waals surface area contributed by atoms with Gasteiger partial charge in [0.1, 0.15) is 0 Å². The molecule has 3 rings (SSSR count). The number of ether oxygens (including phenoxy) is 1. The standard InChI is InChI=1S/C16H26N4O3S/c1-18(2)24(21,22)20-7-3-4-16(20)15-6-5-14(12-17-15)13-19-8-10-23-11-9-19/h5-6,12,16H,3-4,7-11,13H2,1-2H3/t16-/m0/s1. The summed E-state index contributed by atoms with van der Waals surface area (Å²) in [5.74, 6) is 0. The Morgan fingerprint density at radius 3 is 2.62 bits per heavy atom. The molecule has 0 N–H and O–H groups in total. The second-order valence-electron chi connectivity index (χ2n) is 6.54. The molecular weight excluding hydrogens is 328 g/mol. The Morgan fingerprint density at radius 2 is 2.00 bits per heavy atom. The van der Waals surface area contributed by atoms with E-state index in [-0.39, 0.29) is 6.04 Å². The average Bonchev–Trinajstić information content (AvgIpc) is 3.07. The third-order valence-corrected chi connectivity index (χ3v) is 6.61. The molecule has 1 atom stereocenters. The Balaban J connectivity index is 1.70. The van der Waals surface area contributed by atoms with Crippen molar-refractivity contribution >= 4 is 10.2 Å². The summed E-state index contributed by atoms with van der Waals surface area (Å²) in [5.41, 5.74) is 1.99. The van der Waals surface area contributed by atoms with Crippen LogP contribution in [0.5, 0.6) is 0 Å². The Morgan fingerprint density at radius 1 is 1.25 bits per heavy atom. The molecule has 0 radical (unpaired) electrons. The predicted molar refractivity (Wildman–Crippen MR) is 91.6 cm³/mol. The van der Waals surface area contributed by atoms with Crippen molar-refractivity contribution in [2.75, 3.05) is 46.9 Å². The monoisotopic (exact) mass is 354 g/mol. The average molecular weight is 354 g/mol. The van der Waals surface area contributed by atoms with Crippen LogP contribution >= 0.6 is 0 Å². The van der Waals surface area contributed by atoms with Crippen LogP contribution in [0.25, 0.3) is 0 Å². The zero-order valence-electron chi connectivity index (χ0n) is 14.4. The van der Waals surface area contributed by atoms with Crippen LogP contribution in [0.2, 0.25) is 0 Å². The van der Waals surface area contributed by atoms with Gasteiger partial charge in [-0.2, -0.15) is 17.0 Å². The van der Waals surface area contributed by atoms with Crippen molar-refractivity contribution < 1.29 is 13.2 Å². The van der Waals surface area contributed by atoms with E-state index >= 15 is 0 Å². The van der Waals surface area contributed by atoms with Crippen molar-refractivity contribution in [3.8, 4) is 0 Å². The molecular formula is C16H26N4O3S. The molecule has 0 bridgehead atoms. The lowest BCUT2D eigenvalue weighted by Crippen LogP contribution is -2.39. The summed E-state index contributed by atoms with van der Waals surface area (Å²) in [7, 11) is -0.256. The topological polar surface area (TPSA) is 66.0 Å². The van der Waals surface area contributed by atoms with Gasteiger partial charge in [-0.05, 0) is 24.5 Å². The van der Waals surface area contributed by atoms with E-state index in [1.165, 1.54) is 4.31 Å². The highest BCUT2D eigenvalue weighted by molar-refractivity contribution is 7.86. The van der Waals surface area contributed by atoms with Gasteiger partial charge in [-0.15, -0.1) is 0 Å². The first-order valence-electron chi connectivity index (χ1n) is 8.43. The van der Waals surface area contributed by atoms with Crippen molar-refractivity contribution in [2.24, 2.45) is 0 Å². The maximum Gasteiger partial charge on any atom is 0.282 e. The van der Waals surface area contributed by atoms with Gasteiger partial charge in [-0.3, -0.25) is 9.88 Å². The minimum Gasteiger partial charge on any atom is -0.379 e. The normalized spacial score (nSPS) is 23.9. The van der Waals surface area contributed by atoms with Gasteiger partial charge >= 0.3 is 0 Å². The summed E-state index contributed by atoms with van der Waals surface area (Å²) in [6, 6.07) is 3.88. The third kappa shape index (κ3) is 3.78. The number of hydrogen-bond acceptors (Lipinski definition) is 5. The van der Waals surface area contributed by atoms with Gasteiger partial charge < -0.3 is 4.74 Å². The molecule has 0 aliphatic carbocycles. The smallest absolute Gasteiger partial charge is 0.282 e. The predicted octanol–water partition coefficient (Wildman–Crippen LogP) is 0.857. The van der Waals surface area contributed by atoms with Gasteiger partial charge in [0.15, 0.2) is 0 Å². The van der Waals surface area contributed by atoms with E-state index in [1.54, 1.807) is 18.4 Å². The van der Waals surface area contributed by atoms with Crippen LogP contribution in [-0.4, -0.2) is 73.9 Å². The number of pyridine rings is 1. The summed E-state index contributed by atoms with van der Waals surface area (Å²) in [6.45, 7) is 4.87. The van der Waals surface area contributed by atoms with Crippen molar-refractivity contribution in [1.29, 1.82) is 0 Å². The lowest BCUT2D eigenvalue weighted by atomic mass is 10.1. The van der Waals surface area contributed by atoms with Crippen molar-refractivity contribution in [2.45, 2.75) is 25.4 Å². The fraction of sp³-hybridized carbons (Fsp3) is 0.688. The summed E-state index contributed by atoms with van der Waals surface area (Å²) in [6.07, 6.45) is 3.57. The van der Waals surface area contributed by atoms with Crippen molar-refractivity contribution in [1.82, 2.24) is 18.5 Å². The minimum atomic E-state index is -3.40. The van der Waals surface area contributed by atoms with Crippen LogP contribution < -0.4 is 0 Å². The van der Waals surface area contributed by atoms with Gasteiger partial charge in [0, 0.05) is 46.5 Å². The van der Waals surface area contributed by atoms with E-state index in [9.17, 15) is 8.42 Å². The number of morpholine rings is 1. The lowest BCUT2D eigenvalue weighted by Gasteiger charge is -2.27. The number of nitrogens with zero attached hydrogens (tertiary/aromatic N) is 4. The maximum atomic E-state index is 12.5. The highest BCUT2D eigenvalue weighted by Crippen LogP contribution is 2.33.